The van der Waals surface area contributed by atoms with Gasteiger partial charge in [0.2, 0.25) is 0 Å². The Morgan fingerprint density at radius 1 is 0.396 bits per heavy atom. The van der Waals surface area contributed by atoms with Crippen LogP contribution in [-0.4, -0.2) is 37.2 Å². The van der Waals surface area contributed by atoms with Crippen LogP contribution < -0.4 is 0 Å². The molecule has 0 N–H and O–H groups in total. The second-order valence-electron chi connectivity index (χ2n) is 14.7. The van der Waals surface area contributed by atoms with Gasteiger partial charge in [0.05, 0.1) is 0 Å². The fourth-order valence-electron chi connectivity index (χ4n) is 6.10. The zero-order valence-corrected chi connectivity index (χ0v) is 32.4. The van der Waals surface area contributed by atoms with Crippen molar-refractivity contribution in [2.75, 3.05) is 13.2 Å². The van der Waals surface area contributed by atoms with Crippen LogP contribution in [0.15, 0.2) is 0 Å². The van der Waals surface area contributed by atoms with Gasteiger partial charge < -0.3 is 14.2 Å². The minimum Gasteiger partial charge on any atom is -0.462 e. The van der Waals surface area contributed by atoms with Crippen molar-refractivity contribution < 1.29 is 28.6 Å². The molecule has 0 aromatic carbocycles. The molecular weight excluding hydrogens is 600 g/mol. The molecule has 0 spiro atoms. The first-order chi connectivity index (χ1) is 23.4. The Hall–Kier alpha value is -1.59. The molecule has 0 aromatic rings. The highest BCUT2D eigenvalue weighted by molar-refractivity contribution is 5.71. The number of rotatable bonds is 37. The molecule has 0 unspecified atom stereocenters. The number of esters is 3. The molecule has 0 heterocycles. The van der Waals surface area contributed by atoms with Crippen molar-refractivity contribution in [3.63, 3.8) is 0 Å². The molecule has 6 nitrogen and oxygen atoms in total. The van der Waals surface area contributed by atoms with Gasteiger partial charge in [0.25, 0.3) is 0 Å². The Morgan fingerprint density at radius 3 is 1.02 bits per heavy atom. The van der Waals surface area contributed by atoms with Gasteiger partial charge in [-0.1, -0.05) is 188 Å². The Bertz CT molecular complexity index is 721. The molecule has 0 aliphatic rings. The molecule has 0 saturated carbocycles. The SMILES string of the molecule is CCCCCCCCCCCC(=O)OC[C@@H](COC(=O)CCCCCCC)OC(=O)CCCCCCCCCCCCCCCC(C)C. The van der Waals surface area contributed by atoms with Crippen LogP contribution in [0.1, 0.15) is 227 Å². The Kier molecular flexibility index (Phi) is 35.5. The lowest BCUT2D eigenvalue weighted by molar-refractivity contribution is -0.167. The standard InChI is InChI=1S/C42H80O6/c1-5-7-9-11-12-18-22-26-30-34-41(44)47-37-39(36-46-40(43)33-29-24-10-8-6-2)48-42(45)35-31-27-23-20-17-15-13-14-16-19-21-25-28-32-38(3)4/h38-39H,5-37H2,1-4H3/t39-/m1/s1. The predicted octanol–water partition coefficient (Wildman–Crippen LogP) is 12.8. The van der Waals surface area contributed by atoms with E-state index in [0.717, 1.165) is 70.1 Å². The van der Waals surface area contributed by atoms with Crippen molar-refractivity contribution in [1.29, 1.82) is 0 Å². The lowest BCUT2D eigenvalue weighted by atomic mass is 10.0. The lowest BCUT2D eigenvalue weighted by Crippen LogP contribution is -2.30. The first kappa shape index (κ1) is 46.4. The number of ether oxygens (including phenoxy) is 3. The number of unbranched alkanes of at least 4 members (excludes halogenated alkanes) is 24. The van der Waals surface area contributed by atoms with Crippen LogP contribution >= 0.6 is 0 Å². The maximum atomic E-state index is 12.6. The first-order valence-corrected chi connectivity index (χ1v) is 20.9. The molecule has 0 rings (SSSR count). The third-order valence-electron chi connectivity index (χ3n) is 9.29. The molecule has 0 aromatic heterocycles. The summed E-state index contributed by atoms with van der Waals surface area (Å²) in [5, 5.41) is 0. The minimum absolute atomic E-state index is 0.0656. The van der Waals surface area contributed by atoms with E-state index in [1.54, 1.807) is 0 Å². The third-order valence-corrected chi connectivity index (χ3v) is 9.29. The van der Waals surface area contributed by atoms with Crippen LogP contribution in [-0.2, 0) is 28.6 Å². The molecule has 0 radical (unpaired) electrons. The van der Waals surface area contributed by atoms with Gasteiger partial charge in [-0.25, -0.2) is 0 Å². The summed E-state index contributed by atoms with van der Waals surface area (Å²) < 4.78 is 16.5. The fourth-order valence-corrected chi connectivity index (χ4v) is 6.10. The normalized spacial score (nSPS) is 11.9. The summed E-state index contributed by atoms with van der Waals surface area (Å²) in [6.45, 7) is 8.89. The highest BCUT2D eigenvalue weighted by Gasteiger charge is 2.19. The number of hydrogen-bond acceptors (Lipinski definition) is 6. The van der Waals surface area contributed by atoms with E-state index in [1.807, 2.05) is 0 Å². The summed E-state index contributed by atoms with van der Waals surface area (Å²) in [7, 11) is 0. The molecule has 0 amide bonds. The summed E-state index contributed by atoms with van der Waals surface area (Å²) in [5.41, 5.74) is 0. The second-order valence-corrected chi connectivity index (χ2v) is 14.7. The van der Waals surface area contributed by atoms with E-state index in [0.29, 0.717) is 19.3 Å². The molecule has 0 bridgehead atoms. The summed E-state index contributed by atoms with van der Waals surface area (Å²) in [6, 6.07) is 0. The van der Waals surface area contributed by atoms with Crippen LogP contribution in [0.3, 0.4) is 0 Å². The van der Waals surface area contributed by atoms with E-state index < -0.39 is 6.10 Å². The number of carbonyl (C=O) groups excluding carboxylic acids is 3. The van der Waals surface area contributed by atoms with Gasteiger partial charge in [-0.3, -0.25) is 14.4 Å². The second kappa shape index (κ2) is 36.7. The maximum absolute atomic E-state index is 12.6. The van der Waals surface area contributed by atoms with Gasteiger partial charge in [-0.2, -0.15) is 0 Å². The van der Waals surface area contributed by atoms with Gasteiger partial charge in [-0.05, 0) is 25.2 Å². The molecule has 48 heavy (non-hydrogen) atoms. The molecular formula is C42H80O6. The van der Waals surface area contributed by atoms with E-state index in [2.05, 4.69) is 27.7 Å². The van der Waals surface area contributed by atoms with Gasteiger partial charge >= 0.3 is 17.9 Å². The van der Waals surface area contributed by atoms with E-state index >= 15 is 0 Å². The quantitative estimate of drug-likeness (QED) is 0.0369. The summed E-state index contributed by atoms with van der Waals surface area (Å²) >= 11 is 0. The van der Waals surface area contributed by atoms with Crippen LogP contribution in [0.2, 0.25) is 0 Å². The lowest BCUT2D eigenvalue weighted by Gasteiger charge is -2.18. The molecule has 0 saturated heterocycles. The number of hydrogen-bond donors (Lipinski definition) is 0. The molecule has 284 valence electrons. The first-order valence-electron chi connectivity index (χ1n) is 20.9. The van der Waals surface area contributed by atoms with Gasteiger partial charge in [0.15, 0.2) is 6.10 Å². The predicted molar refractivity (Wildman–Crippen MR) is 201 cm³/mol. The van der Waals surface area contributed by atoms with Crippen LogP contribution in [0.4, 0.5) is 0 Å². The Morgan fingerprint density at radius 2 is 0.688 bits per heavy atom. The molecule has 0 aliphatic carbocycles. The van der Waals surface area contributed by atoms with Gasteiger partial charge in [0, 0.05) is 19.3 Å². The molecule has 1 atom stereocenters. The molecule has 6 heteroatoms. The summed E-state index contributed by atoms with van der Waals surface area (Å²) in [6.07, 6.45) is 34.0. The number of carbonyl (C=O) groups is 3. The van der Waals surface area contributed by atoms with Crippen molar-refractivity contribution in [2.24, 2.45) is 5.92 Å². The Labute approximate surface area is 298 Å². The minimum atomic E-state index is -0.756. The van der Waals surface area contributed by atoms with Crippen LogP contribution in [0, 0.1) is 5.92 Å². The topological polar surface area (TPSA) is 78.9 Å². The van der Waals surface area contributed by atoms with Crippen molar-refractivity contribution >= 4 is 17.9 Å². The Balaban J connectivity index is 4.19. The largest absolute Gasteiger partial charge is 0.462 e. The van der Waals surface area contributed by atoms with Crippen molar-refractivity contribution in [1.82, 2.24) is 0 Å². The molecule has 0 fully saturated rings. The van der Waals surface area contributed by atoms with E-state index in [-0.39, 0.29) is 31.1 Å². The van der Waals surface area contributed by atoms with E-state index in [4.69, 9.17) is 14.2 Å². The van der Waals surface area contributed by atoms with E-state index in [9.17, 15) is 14.4 Å². The zero-order chi connectivity index (χ0) is 35.3. The highest BCUT2D eigenvalue weighted by atomic mass is 16.6. The molecule has 0 aliphatic heterocycles. The van der Waals surface area contributed by atoms with Crippen LogP contribution in [0.5, 0.6) is 0 Å². The summed E-state index contributed by atoms with van der Waals surface area (Å²) in [4.78, 5) is 37.3. The van der Waals surface area contributed by atoms with Crippen molar-refractivity contribution in [3.05, 3.63) is 0 Å². The van der Waals surface area contributed by atoms with Crippen molar-refractivity contribution in [3.8, 4) is 0 Å². The van der Waals surface area contributed by atoms with Crippen molar-refractivity contribution in [2.45, 2.75) is 233 Å². The zero-order valence-electron chi connectivity index (χ0n) is 32.4. The fraction of sp³-hybridized carbons (Fsp3) is 0.929. The van der Waals surface area contributed by atoms with Gasteiger partial charge in [-0.15, -0.1) is 0 Å². The highest BCUT2D eigenvalue weighted by Crippen LogP contribution is 2.16. The van der Waals surface area contributed by atoms with E-state index in [1.165, 1.54) is 116 Å². The third kappa shape index (κ3) is 35.7. The summed E-state index contributed by atoms with van der Waals surface area (Å²) in [5.74, 6) is -0.0375. The van der Waals surface area contributed by atoms with Crippen LogP contribution in [0.25, 0.3) is 0 Å². The average molecular weight is 681 g/mol. The average Bonchev–Trinajstić information content (AvgIpc) is 3.06. The van der Waals surface area contributed by atoms with Gasteiger partial charge in [0.1, 0.15) is 13.2 Å². The monoisotopic (exact) mass is 681 g/mol. The smallest absolute Gasteiger partial charge is 0.306 e. The maximum Gasteiger partial charge on any atom is 0.306 e.